The molecule has 0 aromatic heterocycles. The van der Waals surface area contributed by atoms with Crippen molar-refractivity contribution in [2.24, 2.45) is 0 Å². The first-order valence-electron chi connectivity index (χ1n) is 6.25. The minimum atomic E-state index is 0.740. The fourth-order valence-corrected chi connectivity index (χ4v) is 3.03. The maximum absolute atomic E-state index is 5.76. The van der Waals surface area contributed by atoms with Crippen molar-refractivity contribution < 1.29 is 4.74 Å². The molecule has 0 spiro atoms. The van der Waals surface area contributed by atoms with Crippen molar-refractivity contribution in [1.29, 1.82) is 0 Å². The third-order valence-electron chi connectivity index (χ3n) is 3.09. The Morgan fingerprint density at radius 3 is 2.53 bits per heavy atom. The molecule has 0 heterocycles. The fourth-order valence-electron chi connectivity index (χ4n) is 1.92. The highest BCUT2D eigenvalue weighted by Gasteiger charge is 2.04. The van der Waals surface area contributed by atoms with Gasteiger partial charge in [0.2, 0.25) is 0 Å². The summed E-state index contributed by atoms with van der Waals surface area (Å²) in [6.45, 7) is 2.15. The molecule has 2 N–H and O–H groups in total. The van der Waals surface area contributed by atoms with E-state index in [9.17, 15) is 0 Å². The molecule has 19 heavy (non-hydrogen) atoms. The van der Waals surface area contributed by atoms with Crippen LogP contribution in [-0.4, -0.2) is 7.11 Å². The van der Waals surface area contributed by atoms with E-state index in [-0.39, 0.29) is 0 Å². The highest BCUT2D eigenvalue weighted by molar-refractivity contribution is 7.97. The molecule has 0 saturated carbocycles. The lowest BCUT2D eigenvalue weighted by atomic mass is 10.1. The van der Waals surface area contributed by atoms with Gasteiger partial charge in [-0.25, -0.2) is 0 Å². The summed E-state index contributed by atoms with van der Waals surface area (Å²) in [7, 11) is 1.68. The van der Waals surface area contributed by atoms with E-state index < -0.39 is 0 Å². The number of thioether (sulfide) groups is 1. The van der Waals surface area contributed by atoms with Crippen molar-refractivity contribution in [2.45, 2.75) is 18.4 Å². The van der Waals surface area contributed by atoms with Gasteiger partial charge in [0.1, 0.15) is 5.75 Å². The summed E-state index contributed by atoms with van der Waals surface area (Å²) in [5, 5.41) is 0. The van der Waals surface area contributed by atoms with Gasteiger partial charge < -0.3 is 10.5 Å². The Kier molecular flexibility index (Phi) is 4.74. The van der Waals surface area contributed by atoms with Gasteiger partial charge in [-0.3, -0.25) is 0 Å². The third-order valence-corrected chi connectivity index (χ3v) is 4.12. The minimum absolute atomic E-state index is 0.740. The van der Waals surface area contributed by atoms with Gasteiger partial charge in [-0.1, -0.05) is 30.3 Å². The molecular formula is C16H19NOS. The van der Waals surface area contributed by atoms with Gasteiger partial charge in [0.25, 0.3) is 0 Å². The average Bonchev–Trinajstić information content (AvgIpc) is 2.42. The largest absolute Gasteiger partial charge is 0.496 e. The zero-order valence-corrected chi connectivity index (χ0v) is 12.2. The maximum Gasteiger partial charge on any atom is 0.124 e. The van der Waals surface area contributed by atoms with Crippen LogP contribution in [0.2, 0.25) is 0 Å². The van der Waals surface area contributed by atoms with E-state index in [1.54, 1.807) is 7.11 Å². The Morgan fingerprint density at radius 2 is 1.79 bits per heavy atom. The molecule has 0 amide bonds. The van der Waals surface area contributed by atoms with Crippen molar-refractivity contribution in [3.63, 3.8) is 0 Å². The van der Waals surface area contributed by atoms with Crippen LogP contribution in [0.4, 0.5) is 5.69 Å². The van der Waals surface area contributed by atoms with E-state index in [1.807, 2.05) is 30.0 Å². The van der Waals surface area contributed by atoms with E-state index in [4.69, 9.17) is 10.5 Å². The van der Waals surface area contributed by atoms with Crippen LogP contribution in [0.15, 0.2) is 42.5 Å². The Labute approximate surface area is 119 Å². The highest BCUT2D eigenvalue weighted by atomic mass is 32.2. The second-order valence-electron chi connectivity index (χ2n) is 4.49. The number of benzene rings is 2. The van der Waals surface area contributed by atoms with Gasteiger partial charge in [0.05, 0.1) is 7.11 Å². The topological polar surface area (TPSA) is 35.2 Å². The third kappa shape index (κ3) is 3.67. The van der Waals surface area contributed by atoms with Gasteiger partial charge in [0.15, 0.2) is 0 Å². The predicted octanol–water partition coefficient (Wildman–Crippen LogP) is 4.02. The van der Waals surface area contributed by atoms with Crippen LogP contribution in [0.25, 0.3) is 0 Å². The number of nitrogens with two attached hydrogens (primary N) is 1. The van der Waals surface area contributed by atoms with Gasteiger partial charge in [0, 0.05) is 28.8 Å². The standard InChI is InChI=1S/C16H19NOS/c1-12-5-3-4-6-13(12)10-19-11-14-7-8-15(17)9-16(14)18-2/h3-9H,10-11,17H2,1-2H3. The van der Waals surface area contributed by atoms with Crippen molar-refractivity contribution >= 4 is 17.4 Å². The molecule has 2 aromatic rings. The Morgan fingerprint density at radius 1 is 1.05 bits per heavy atom. The van der Waals surface area contributed by atoms with Crippen LogP contribution in [0.5, 0.6) is 5.75 Å². The van der Waals surface area contributed by atoms with Crippen LogP contribution < -0.4 is 10.5 Å². The van der Waals surface area contributed by atoms with E-state index in [2.05, 4.69) is 31.2 Å². The smallest absolute Gasteiger partial charge is 0.124 e. The molecule has 0 aliphatic heterocycles. The number of rotatable bonds is 5. The molecule has 0 aliphatic rings. The lowest BCUT2D eigenvalue weighted by Gasteiger charge is -2.10. The molecule has 2 aromatic carbocycles. The van der Waals surface area contributed by atoms with Crippen molar-refractivity contribution in [3.8, 4) is 5.75 Å². The summed E-state index contributed by atoms with van der Waals surface area (Å²) in [5.41, 5.74) is 10.4. The summed E-state index contributed by atoms with van der Waals surface area (Å²) in [5.74, 6) is 2.81. The van der Waals surface area contributed by atoms with Gasteiger partial charge >= 0.3 is 0 Å². The first-order valence-corrected chi connectivity index (χ1v) is 7.41. The summed E-state index contributed by atoms with van der Waals surface area (Å²) in [6, 6.07) is 14.3. The van der Waals surface area contributed by atoms with Crippen molar-refractivity contribution in [3.05, 3.63) is 59.2 Å². The minimum Gasteiger partial charge on any atom is -0.496 e. The van der Waals surface area contributed by atoms with E-state index in [0.717, 1.165) is 22.9 Å². The van der Waals surface area contributed by atoms with Crippen LogP contribution in [0.3, 0.4) is 0 Å². The Hall–Kier alpha value is -1.61. The molecule has 0 aliphatic carbocycles. The summed E-state index contributed by atoms with van der Waals surface area (Å²) >= 11 is 1.89. The predicted molar refractivity (Wildman–Crippen MR) is 83.6 cm³/mol. The average molecular weight is 273 g/mol. The molecule has 2 rings (SSSR count). The normalized spacial score (nSPS) is 10.4. The molecule has 0 fully saturated rings. The molecule has 100 valence electrons. The van der Waals surface area contributed by atoms with E-state index in [0.29, 0.717) is 0 Å². The number of methoxy groups -OCH3 is 1. The lowest BCUT2D eigenvalue weighted by molar-refractivity contribution is 0.411. The fraction of sp³-hybridized carbons (Fsp3) is 0.250. The zero-order valence-electron chi connectivity index (χ0n) is 11.3. The van der Waals surface area contributed by atoms with Crippen LogP contribution in [0.1, 0.15) is 16.7 Å². The number of hydrogen-bond donors (Lipinski definition) is 1. The first-order chi connectivity index (χ1) is 9.20. The van der Waals surface area contributed by atoms with Crippen molar-refractivity contribution in [2.75, 3.05) is 12.8 Å². The monoisotopic (exact) mass is 273 g/mol. The number of hydrogen-bond acceptors (Lipinski definition) is 3. The quantitative estimate of drug-likeness (QED) is 0.836. The lowest BCUT2D eigenvalue weighted by Crippen LogP contribution is -1.94. The van der Waals surface area contributed by atoms with Crippen molar-refractivity contribution in [1.82, 2.24) is 0 Å². The summed E-state index contributed by atoms with van der Waals surface area (Å²) < 4.78 is 5.36. The molecule has 0 atom stereocenters. The van der Waals surface area contributed by atoms with Crippen LogP contribution >= 0.6 is 11.8 Å². The molecule has 3 heteroatoms. The second kappa shape index (κ2) is 6.53. The molecule has 0 radical (unpaired) electrons. The second-order valence-corrected chi connectivity index (χ2v) is 5.48. The molecule has 0 bridgehead atoms. The Balaban J connectivity index is 1.98. The van der Waals surface area contributed by atoms with Crippen LogP contribution in [-0.2, 0) is 11.5 Å². The number of nitrogen functional groups attached to an aromatic ring is 1. The van der Waals surface area contributed by atoms with Gasteiger partial charge in [-0.2, -0.15) is 11.8 Å². The molecule has 2 nitrogen and oxygen atoms in total. The SMILES string of the molecule is COc1cc(N)ccc1CSCc1ccccc1C. The van der Waals surface area contributed by atoms with Crippen LogP contribution in [0, 0.1) is 6.92 Å². The van der Waals surface area contributed by atoms with E-state index in [1.165, 1.54) is 16.7 Å². The molecule has 0 unspecified atom stereocenters. The van der Waals surface area contributed by atoms with Gasteiger partial charge in [-0.15, -0.1) is 0 Å². The number of aryl methyl sites for hydroxylation is 1. The number of ether oxygens (including phenoxy) is 1. The maximum atomic E-state index is 5.76. The first kappa shape index (κ1) is 13.8. The highest BCUT2D eigenvalue weighted by Crippen LogP contribution is 2.27. The van der Waals surface area contributed by atoms with E-state index >= 15 is 0 Å². The zero-order chi connectivity index (χ0) is 13.7. The molecular weight excluding hydrogens is 254 g/mol. The summed E-state index contributed by atoms with van der Waals surface area (Å²) in [4.78, 5) is 0. The number of anilines is 1. The molecule has 0 saturated heterocycles. The summed E-state index contributed by atoms with van der Waals surface area (Å²) in [6.07, 6.45) is 0. The van der Waals surface area contributed by atoms with Gasteiger partial charge in [-0.05, 0) is 24.1 Å². The Bertz CT molecular complexity index is 554.